The molecule has 0 amide bonds. The maximum absolute atomic E-state index is 13.8. The average molecular weight is 535 g/mol. The van der Waals surface area contributed by atoms with Gasteiger partial charge in [0.05, 0.1) is 42.7 Å². The van der Waals surface area contributed by atoms with Crippen molar-refractivity contribution in [3.63, 3.8) is 0 Å². The van der Waals surface area contributed by atoms with Gasteiger partial charge < -0.3 is 18.9 Å². The van der Waals surface area contributed by atoms with Crippen LogP contribution in [-0.2, 0) is 9.53 Å². The molecule has 3 aromatic rings. The first-order valence-corrected chi connectivity index (χ1v) is 12.9. The number of carbonyl (C=O) groups is 1. The molecule has 0 spiro atoms. The fourth-order valence-electron chi connectivity index (χ4n) is 4.31. The van der Waals surface area contributed by atoms with E-state index >= 15 is 0 Å². The molecule has 2 aromatic carbocycles. The van der Waals surface area contributed by atoms with Crippen LogP contribution >= 0.6 is 11.3 Å². The largest absolute Gasteiger partial charge is 0.496 e. The first-order chi connectivity index (χ1) is 18.3. The molecule has 1 unspecified atom stereocenters. The van der Waals surface area contributed by atoms with Crippen LogP contribution in [0.15, 0.2) is 70.1 Å². The SMILES string of the molecule is C=CCOc1ccc(/C=c2\sc3n(c2=O)C(c2ccc(C)c(OC)c2)C(C(=O)OCC)=C(C)N=3)cc1OC. The number of esters is 1. The standard InChI is InChI=1S/C29H30N2O6S/c1-7-13-37-21-12-10-19(14-23(21)35-6)15-24-27(32)31-26(20-11-9-17(3)22(16-20)34-5)25(28(33)36-8-2)18(4)30-29(31)38-24/h7,9-12,14-16,26H,1,8,13H2,2-6H3/b24-15-. The van der Waals surface area contributed by atoms with Gasteiger partial charge >= 0.3 is 5.97 Å². The van der Waals surface area contributed by atoms with Crippen molar-refractivity contribution in [3.05, 3.63) is 96.7 Å². The Morgan fingerprint density at radius 2 is 1.87 bits per heavy atom. The molecule has 0 radical (unpaired) electrons. The summed E-state index contributed by atoms with van der Waals surface area (Å²) in [4.78, 5) is 32.0. The molecule has 8 nitrogen and oxygen atoms in total. The molecule has 2 heterocycles. The second kappa shape index (κ2) is 11.5. The number of ether oxygens (including phenoxy) is 4. The first kappa shape index (κ1) is 26.9. The van der Waals surface area contributed by atoms with Gasteiger partial charge in [0, 0.05) is 0 Å². The maximum Gasteiger partial charge on any atom is 0.338 e. The number of thiazole rings is 1. The smallest absolute Gasteiger partial charge is 0.338 e. The van der Waals surface area contributed by atoms with Gasteiger partial charge in [-0.05, 0) is 61.7 Å². The molecule has 9 heteroatoms. The Kier molecular flexibility index (Phi) is 8.16. The fourth-order valence-corrected chi connectivity index (χ4v) is 5.35. The molecular weight excluding hydrogens is 504 g/mol. The predicted molar refractivity (Wildman–Crippen MR) is 147 cm³/mol. The molecule has 4 rings (SSSR count). The lowest BCUT2D eigenvalue weighted by molar-refractivity contribution is -0.139. The molecule has 1 aliphatic rings. The van der Waals surface area contributed by atoms with Gasteiger partial charge in [-0.2, -0.15) is 0 Å². The van der Waals surface area contributed by atoms with Gasteiger partial charge in [0.25, 0.3) is 5.56 Å². The fraction of sp³-hybridized carbons (Fsp3) is 0.276. The van der Waals surface area contributed by atoms with Gasteiger partial charge in [-0.1, -0.05) is 42.2 Å². The van der Waals surface area contributed by atoms with Crippen molar-refractivity contribution in [1.82, 2.24) is 4.57 Å². The molecule has 0 saturated heterocycles. The summed E-state index contributed by atoms with van der Waals surface area (Å²) in [6.07, 6.45) is 3.43. The van der Waals surface area contributed by atoms with Crippen LogP contribution in [0.5, 0.6) is 17.2 Å². The molecule has 0 bridgehead atoms. The summed E-state index contributed by atoms with van der Waals surface area (Å²) in [7, 11) is 3.15. The number of allylic oxidation sites excluding steroid dienone is 1. The number of hydrogen-bond acceptors (Lipinski definition) is 8. The third kappa shape index (κ3) is 5.15. The maximum atomic E-state index is 13.8. The molecular formula is C29H30N2O6S. The summed E-state index contributed by atoms with van der Waals surface area (Å²) in [6, 6.07) is 10.4. The Labute approximate surface area is 224 Å². The summed E-state index contributed by atoms with van der Waals surface area (Å²) >= 11 is 1.26. The second-order valence-electron chi connectivity index (χ2n) is 8.54. The highest BCUT2D eigenvalue weighted by Crippen LogP contribution is 2.33. The van der Waals surface area contributed by atoms with Crippen molar-refractivity contribution >= 4 is 23.4 Å². The van der Waals surface area contributed by atoms with E-state index in [9.17, 15) is 9.59 Å². The predicted octanol–water partition coefficient (Wildman–Crippen LogP) is 3.69. The summed E-state index contributed by atoms with van der Waals surface area (Å²) < 4.78 is 24.0. The molecule has 1 atom stereocenters. The number of nitrogens with zero attached hydrogens (tertiary/aromatic N) is 2. The van der Waals surface area contributed by atoms with Crippen LogP contribution in [0.3, 0.4) is 0 Å². The van der Waals surface area contributed by atoms with E-state index in [1.807, 2.05) is 31.2 Å². The average Bonchev–Trinajstić information content (AvgIpc) is 3.21. The topological polar surface area (TPSA) is 88.4 Å². The van der Waals surface area contributed by atoms with E-state index in [2.05, 4.69) is 11.6 Å². The van der Waals surface area contributed by atoms with Crippen LogP contribution in [0.2, 0.25) is 0 Å². The van der Waals surface area contributed by atoms with Crippen LogP contribution < -0.4 is 29.1 Å². The van der Waals surface area contributed by atoms with E-state index in [4.69, 9.17) is 18.9 Å². The summed E-state index contributed by atoms with van der Waals surface area (Å²) in [5, 5.41) is 0. The molecule has 0 saturated carbocycles. The minimum atomic E-state index is -0.717. The Morgan fingerprint density at radius 1 is 1.11 bits per heavy atom. The van der Waals surface area contributed by atoms with Crippen LogP contribution in [-0.4, -0.2) is 38.0 Å². The van der Waals surface area contributed by atoms with Gasteiger partial charge in [0.1, 0.15) is 12.4 Å². The number of methoxy groups -OCH3 is 2. The molecule has 38 heavy (non-hydrogen) atoms. The van der Waals surface area contributed by atoms with Crippen molar-refractivity contribution in [2.75, 3.05) is 27.4 Å². The number of aromatic nitrogens is 1. The number of rotatable bonds is 9. The van der Waals surface area contributed by atoms with Crippen LogP contribution in [0, 0.1) is 6.92 Å². The van der Waals surface area contributed by atoms with E-state index in [-0.39, 0.29) is 12.2 Å². The van der Waals surface area contributed by atoms with E-state index < -0.39 is 12.0 Å². The van der Waals surface area contributed by atoms with E-state index in [1.54, 1.807) is 56.9 Å². The summed E-state index contributed by atoms with van der Waals surface area (Å²) in [6.45, 7) is 9.66. The Balaban J connectivity index is 1.90. The molecule has 0 aliphatic carbocycles. The van der Waals surface area contributed by atoms with Crippen molar-refractivity contribution in [3.8, 4) is 17.2 Å². The van der Waals surface area contributed by atoms with Gasteiger partial charge in [-0.3, -0.25) is 9.36 Å². The first-order valence-electron chi connectivity index (χ1n) is 12.1. The summed E-state index contributed by atoms with van der Waals surface area (Å²) in [5.41, 5.74) is 2.99. The number of carbonyl (C=O) groups excluding carboxylic acids is 1. The minimum Gasteiger partial charge on any atom is -0.496 e. The second-order valence-corrected chi connectivity index (χ2v) is 9.55. The van der Waals surface area contributed by atoms with Gasteiger partial charge in [0.2, 0.25) is 0 Å². The number of aryl methyl sites for hydroxylation is 1. The van der Waals surface area contributed by atoms with E-state index in [0.29, 0.717) is 44.5 Å². The normalized spacial score (nSPS) is 15.0. The zero-order chi connectivity index (χ0) is 27.4. The lowest BCUT2D eigenvalue weighted by Crippen LogP contribution is -2.40. The van der Waals surface area contributed by atoms with E-state index in [1.165, 1.54) is 11.3 Å². The number of benzene rings is 2. The minimum absolute atomic E-state index is 0.207. The lowest BCUT2D eigenvalue weighted by atomic mass is 9.95. The highest BCUT2D eigenvalue weighted by Gasteiger charge is 2.33. The van der Waals surface area contributed by atoms with Crippen molar-refractivity contribution in [1.29, 1.82) is 0 Å². The van der Waals surface area contributed by atoms with Gasteiger partial charge in [-0.25, -0.2) is 9.79 Å². The Morgan fingerprint density at radius 3 is 2.55 bits per heavy atom. The van der Waals surface area contributed by atoms with Gasteiger partial charge in [-0.15, -0.1) is 0 Å². The number of fused-ring (bicyclic) bond motifs is 1. The van der Waals surface area contributed by atoms with Crippen LogP contribution in [0.4, 0.5) is 0 Å². The van der Waals surface area contributed by atoms with Crippen molar-refractivity contribution in [2.45, 2.75) is 26.8 Å². The zero-order valence-corrected chi connectivity index (χ0v) is 22.9. The Bertz CT molecular complexity index is 1600. The van der Waals surface area contributed by atoms with Crippen molar-refractivity contribution in [2.24, 2.45) is 4.99 Å². The highest BCUT2D eigenvalue weighted by molar-refractivity contribution is 7.07. The Hall–Kier alpha value is -4.11. The van der Waals surface area contributed by atoms with Gasteiger partial charge in [0.15, 0.2) is 16.3 Å². The lowest BCUT2D eigenvalue weighted by Gasteiger charge is -2.25. The highest BCUT2D eigenvalue weighted by atomic mass is 32.1. The molecule has 1 aliphatic heterocycles. The van der Waals surface area contributed by atoms with Crippen LogP contribution in [0.25, 0.3) is 6.08 Å². The van der Waals surface area contributed by atoms with Crippen molar-refractivity contribution < 1.29 is 23.7 Å². The number of hydrogen-bond donors (Lipinski definition) is 0. The molecule has 1 aromatic heterocycles. The monoisotopic (exact) mass is 534 g/mol. The zero-order valence-electron chi connectivity index (χ0n) is 22.1. The van der Waals surface area contributed by atoms with Crippen LogP contribution in [0.1, 0.15) is 36.6 Å². The molecule has 198 valence electrons. The molecule has 0 N–H and O–H groups in total. The van der Waals surface area contributed by atoms with E-state index in [0.717, 1.165) is 16.7 Å². The quantitative estimate of drug-likeness (QED) is 0.307. The molecule has 0 fully saturated rings. The summed E-state index contributed by atoms with van der Waals surface area (Å²) in [5.74, 6) is 1.27. The third-order valence-corrected chi connectivity index (χ3v) is 7.09. The third-order valence-electron chi connectivity index (χ3n) is 6.11.